The van der Waals surface area contributed by atoms with E-state index < -0.39 is 5.60 Å². The molecule has 1 amide bonds. The summed E-state index contributed by atoms with van der Waals surface area (Å²) in [7, 11) is 0. The zero-order valence-corrected chi connectivity index (χ0v) is 14.8. The number of para-hydroxylation sites is 2. The molecular weight excluding hydrogens is 352 g/mol. The van der Waals surface area contributed by atoms with Crippen molar-refractivity contribution in [2.24, 2.45) is 4.99 Å². The summed E-state index contributed by atoms with van der Waals surface area (Å²) in [5.74, 6) is 0.250. The van der Waals surface area contributed by atoms with E-state index in [2.05, 4.69) is 10.3 Å². The number of hydrogen-bond donors (Lipinski definition) is 1. The molecule has 28 heavy (non-hydrogen) atoms. The summed E-state index contributed by atoms with van der Waals surface area (Å²) in [4.78, 5) is 17.5. The topological polar surface area (TPSA) is 59.9 Å². The van der Waals surface area contributed by atoms with E-state index in [4.69, 9.17) is 9.47 Å². The summed E-state index contributed by atoms with van der Waals surface area (Å²) in [5.41, 5.74) is 1.64. The van der Waals surface area contributed by atoms with Gasteiger partial charge in [0.15, 0.2) is 0 Å². The van der Waals surface area contributed by atoms with Gasteiger partial charge in [0.1, 0.15) is 5.76 Å². The minimum atomic E-state index is -1.33. The average Bonchev–Trinajstić information content (AvgIpc) is 3.00. The van der Waals surface area contributed by atoms with E-state index in [-0.39, 0.29) is 12.0 Å². The van der Waals surface area contributed by atoms with Crippen molar-refractivity contribution in [3.63, 3.8) is 0 Å². The molecule has 2 aliphatic heterocycles. The van der Waals surface area contributed by atoms with Crippen LogP contribution in [0.4, 0.5) is 11.4 Å². The van der Waals surface area contributed by atoms with Crippen LogP contribution in [0.1, 0.15) is 11.1 Å². The monoisotopic (exact) mass is 368 g/mol. The molecule has 0 bridgehead atoms. The van der Waals surface area contributed by atoms with Crippen LogP contribution in [0.3, 0.4) is 0 Å². The highest BCUT2D eigenvalue weighted by atomic mass is 16.7. The molecule has 2 heterocycles. The minimum absolute atomic E-state index is 0.0272. The highest BCUT2D eigenvalue weighted by Gasteiger charge is 2.51. The van der Waals surface area contributed by atoms with Crippen LogP contribution in [-0.2, 0) is 19.9 Å². The van der Waals surface area contributed by atoms with Crippen molar-refractivity contribution in [2.75, 3.05) is 5.32 Å². The smallest absolute Gasteiger partial charge is 0.396 e. The fourth-order valence-corrected chi connectivity index (χ4v) is 3.39. The Morgan fingerprint density at radius 1 is 0.821 bits per heavy atom. The number of carbonyl (C=O) groups excluding carboxylic acids is 1. The molecule has 0 aliphatic carbocycles. The first-order valence-electron chi connectivity index (χ1n) is 8.94. The van der Waals surface area contributed by atoms with Crippen LogP contribution in [0.2, 0.25) is 0 Å². The van der Waals surface area contributed by atoms with Crippen molar-refractivity contribution < 1.29 is 14.3 Å². The molecule has 5 heteroatoms. The van der Waals surface area contributed by atoms with Crippen molar-refractivity contribution >= 4 is 29.1 Å². The highest BCUT2D eigenvalue weighted by Crippen LogP contribution is 2.44. The number of fused-ring (bicyclic) bond motifs is 2. The molecule has 1 atom stereocenters. The summed E-state index contributed by atoms with van der Waals surface area (Å²) in [5, 5.41) is 2.90. The van der Waals surface area contributed by atoms with Crippen LogP contribution in [0.25, 0.3) is 5.76 Å². The lowest BCUT2D eigenvalue weighted by atomic mass is 9.92. The molecule has 3 aromatic rings. The first-order chi connectivity index (χ1) is 13.7. The Bertz CT molecular complexity index is 1110. The fourth-order valence-electron chi connectivity index (χ4n) is 3.39. The van der Waals surface area contributed by atoms with Gasteiger partial charge in [-0.05, 0) is 18.2 Å². The number of aliphatic imine (C=N–C) groups is 1. The minimum Gasteiger partial charge on any atom is -0.424 e. The maximum Gasteiger partial charge on any atom is 0.396 e. The molecule has 0 saturated heterocycles. The molecule has 136 valence electrons. The predicted molar refractivity (Wildman–Crippen MR) is 107 cm³/mol. The van der Waals surface area contributed by atoms with Gasteiger partial charge in [-0.15, -0.1) is 0 Å². The predicted octanol–water partition coefficient (Wildman–Crippen LogP) is 4.61. The second-order valence-corrected chi connectivity index (χ2v) is 6.53. The van der Waals surface area contributed by atoms with Crippen LogP contribution in [0.15, 0.2) is 96.0 Å². The van der Waals surface area contributed by atoms with Crippen LogP contribution >= 0.6 is 0 Å². The second kappa shape index (κ2) is 6.39. The third kappa shape index (κ3) is 2.65. The molecular formula is C23H16N2O3. The number of benzene rings is 3. The van der Waals surface area contributed by atoms with E-state index in [1.807, 2.05) is 84.9 Å². The van der Waals surface area contributed by atoms with Crippen molar-refractivity contribution in [3.8, 4) is 0 Å². The zero-order chi connectivity index (χ0) is 19.0. The molecule has 0 fully saturated rings. The van der Waals surface area contributed by atoms with Crippen molar-refractivity contribution in [3.05, 3.63) is 102 Å². The number of ether oxygens (including phenoxy) is 2. The molecule has 5 nitrogen and oxygen atoms in total. The molecule has 0 saturated carbocycles. The van der Waals surface area contributed by atoms with E-state index in [1.54, 1.807) is 6.08 Å². The average molecular weight is 368 g/mol. The molecule has 1 N–H and O–H groups in total. The molecule has 0 unspecified atom stereocenters. The normalized spacial score (nSPS) is 21.5. The van der Waals surface area contributed by atoms with Crippen molar-refractivity contribution in [1.29, 1.82) is 0 Å². The number of anilines is 1. The van der Waals surface area contributed by atoms with Crippen LogP contribution in [0.5, 0.6) is 0 Å². The fraction of sp³-hybridized carbons (Fsp3) is 0.0435. The third-order valence-corrected chi connectivity index (χ3v) is 4.73. The largest absolute Gasteiger partial charge is 0.424 e. The van der Waals surface area contributed by atoms with E-state index in [9.17, 15) is 4.79 Å². The first kappa shape index (κ1) is 16.3. The number of carbonyl (C=O) groups is 1. The lowest BCUT2D eigenvalue weighted by molar-refractivity contribution is -0.129. The number of nitrogens with zero attached hydrogens (tertiary/aromatic N) is 1. The standard InChI is InChI=1S/C23H16N2O3/c26-21-23(18-13-7-8-14-19(18)25-21)15-20(16-9-3-1-4-10-16)27-22(28-23)24-17-11-5-2-6-12-17/h1-15H,(H,25,26)/t23-/m1/s1. The van der Waals surface area contributed by atoms with Gasteiger partial charge in [-0.1, -0.05) is 66.7 Å². The van der Waals surface area contributed by atoms with Gasteiger partial charge in [-0.3, -0.25) is 4.79 Å². The summed E-state index contributed by atoms with van der Waals surface area (Å²) >= 11 is 0. The second-order valence-electron chi connectivity index (χ2n) is 6.53. The Morgan fingerprint density at radius 2 is 1.50 bits per heavy atom. The quantitative estimate of drug-likeness (QED) is 0.719. The summed E-state index contributed by atoms with van der Waals surface area (Å²) in [6.45, 7) is 0. The Labute approximate surface area is 162 Å². The molecule has 1 spiro atoms. The van der Waals surface area contributed by atoms with Crippen LogP contribution < -0.4 is 5.32 Å². The summed E-state index contributed by atoms with van der Waals surface area (Å²) in [6, 6.07) is 26.4. The molecule has 3 aromatic carbocycles. The number of amides is 1. The number of nitrogens with one attached hydrogen (secondary N) is 1. The van der Waals surface area contributed by atoms with Gasteiger partial charge in [0.05, 0.1) is 5.69 Å². The van der Waals surface area contributed by atoms with Crippen molar-refractivity contribution in [1.82, 2.24) is 0 Å². The van der Waals surface area contributed by atoms with Gasteiger partial charge in [0, 0.05) is 22.9 Å². The SMILES string of the molecule is O=C1Nc2ccccc2[C@]12C=C(c1ccccc1)OC(=Nc1ccccc1)O2. The Morgan fingerprint density at radius 3 is 2.29 bits per heavy atom. The van der Waals surface area contributed by atoms with Gasteiger partial charge in [-0.2, -0.15) is 4.99 Å². The number of hydrogen-bond acceptors (Lipinski definition) is 4. The maximum atomic E-state index is 13.0. The summed E-state index contributed by atoms with van der Waals surface area (Å²) in [6.07, 6.45) is 1.74. The lowest BCUT2D eigenvalue weighted by Crippen LogP contribution is -2.41. The molecule has 2 aliphatic rings. The molecule has 5 rings (SSSR count). The summed E-state index contributed by atoms with van der Waals surface area (Å²) < 4.78 is 12.0. The van der Waals surface area contributed by atoms with Crippen LogP contribution in [0, 0.1) is 0 Å². The van der Waals surface area contributed by atoms with Crippen molar-refractivity contribution in [2.45, 2.75) is 5.60 Å². The Kier molecular flexibility index (Phi) is 3.72. The van der Waals surface area contributed by atoms with Gasteiger partial charge in [0.25, 0.3) is 5.91 Å². The Balaban J connectivity index is 1.68. The Hall–Kier alpha value is -3.86. The van der Waals surface area contributed by atoms with Gasteiger partial charge >= 0.3 is 6.08 Å². The third-order valence-electron chi connectivity index (χ3n) is 4.73. The van der Waals surface area contributed by atoms with E-state index in [1.165, 1.54) is 0 Å². The first-order valence-corrected chi connectivity index (χ1v) is 8.94. The lowest BCUT2D eigenvalue weighted by Gasteiger charge is -2.31. The van der Waals surface area contributed by atoms with Gasteiger partial charge in [0.2, 0.25) is 5.60 Å². The van der Waals surface area contributed by atoms with Gasteiger partial charge in [-0.25, -0.2) is 0 Å². The molecule has 0 radical (unpaired) electrons. The number of rotatable bonds is 2. The van der Waals surface area contributed by atoms with Crippen LogP contribution in [-0.4, -0.2) is 12.0 Å². The van der Waals surface area contributed by atoms with E-state index in [0.717, 1.165) is 16.8 Å². The molecule has 0 aromatic heterocycles. The highest BCUT2D eigenvalue weighted by molar-refractivity contribution is 6.09. The maximum absolute atomic E-state index is 13.0. The van der Waals surface area contributed by atoms with E-state index >= 15 is 0 Å². The van der Waals surface area contributed by atoms with E-state index in [0.29, 0.717) is 11.4 Å². The zero-order valence-electron chi connectivity index (χ0n) is 14.8. The van der Waals surface area contributed by atoms with Gasteiger partial charge < -0.3 is 14.8 Å².